The molecule has 3 aliphatic heterocycles. The van der Waals surface area contributed by atoms with Crippen molar-refractivity contribution >= 4 is 38.6 Å². The van der Waals surface area contributed by atoms with Crippen LogP contribution < -0.4 is 4.90 Å². The van der Waals surface area contributed by atoms with Crippen LogP contribution in [0.25, 0.3) is 43.8 Å². The van der Waals surface area contributed by atoms with Crippen molar-refractivity contribution in [2.75, 3.05) is 4.90 Å². The van der Waals surface area contributed by atoms with Crippen LogP contribution in [0.5, 0.6) is 0 Å². The summed E-state index contributed by atoms with van der Waals surface area (Å²) in [5, 5.41) is 5.45. The fourth-order valence-corrected chi connectivity index (χ4v) is 6.34. The van der Waals surface area contributed by atoms with Gasteiger partial charge in [0.05, 0.1) is 17.1 Å². The fraction of sp³-hybridized carbons (Fsp3) is 0.103. The highest BCUT2D eigenvalue weighted by molar-refractivity contribution is 6.25. The van der Waals surface area contributed by atoms with Gasteiger partial charge in [0.2, 0.25) is 0 Å². The Morgan fingerprint density at radius 3 is 1.50 bits per heavy atom. The summed E-state index contributed by atoms with van der Waals surface area (Å²) in [7, 11) is 0. The summed E-state index contributed by atoms with van der Waals surface area (Å²) in [4.78, 5) is 2.60. The average Bonchev–Trinajstić information content (AvgIpc) is 2.77. The minimum Gasteiger partial charge on any atom is -0.307 e. The molecule has 3 heterocycles. The molecule has 8 rings (SSSR count). The topological polar surface area (TPSA) is 3.24 Å². The average molecular weight is 381 g/mol. The quantitative estimate of drug-likeness (QED) is 0.257. The third kappa shape index (κ3) is 1.44. The monoisotopic (exact) mass is 381 g/mol. The van der Waals surface area contributed by atoms with E-state index in [-0.39, 0.29) is 5.41 Å². The molecule has 0 aliphatic carbocycles. The fourth-order valence-electron chi connectivity index (χ4n) is 6.34. The van der Waals surface area contributed by atoms with Crippen LogP contribution in [0.2, 0.25) is 0 Å². The highest BCUT2D eigenvalue weighted by Crippen LogP contribution is 2.65. The van der Waals surface area contributed by atoms with Gasteiger partial charge < -0.3 is 4.90 Å². The Hall–Kier alpha value is -3.58. The minimum atomic E-state index is -0.0481. The van der Waals surface area contributed by atoms with Crippen molar-refractivity contribution in [2.45, 2.75) is 19.3 Å². The van der Waals surface area contributed by atoms with E-state index in [1.165, 1.54) is 72.0 Å². The summed E-state index contributed by atoms with van der Waals surface area (Å²) in [5.74, 6) is 0. The van der Waals surface area contributed by atoms with Gasteiger partial charge in [-0.1, -0.05) is 92.7 Å². The highest BCUT2D eigenvalue weighted by Gasteiger charge is 2.44. The summed E-state index contributed by atoms with van der Waals surface area (Å²) >= 11 is 0. The molecular weight excluding hydrogens is 362 g/mol. The van der Waals surface area contributed by atoms with Crippen LogP contribution in [0.1, 0.15) is 25.0 Å². The molecule has 5 aromatic carbocycles. The molecule has 0 N–H and O–H groups in total. The number of benzene rings is 5. The lowest BCUT2D eigenvalue weighted by atomic mass is 9.68. The van der Waals surface area contributed by atoms with Gasteiger partial charge in [-0.05, 0) is 33.0 Å². The lowest BCUT2D eigenvalue weighted by Crippen LogP contribution is -2.33. The lowest BCUT2D eigenvalue weighted by Gasteiger charge is -2.48. The summed E-state index contributed by atoms with van der Waals surface area (Å²) < 4.78 is 0. The highest BCUT2D eigenvalue weighted by atomic mass is 15.2. The van der Waals surface area contributed by atoms with Gasteiger partial charge in [-0.15, -0.1) is 0 Å². The van der Waals surface area contributed by atoms with Crippen LogP contribution in [-0.4, -0.2) is 0 Å². The van der Waals surface area contributed by atoms with Gasteiger partial charge >= 0.3 is 0 Å². The molecule has 0 atom stereocenters. The van der Waals surface area contributed by atoms with E-state index in [4.69, 9.17) is 0 Å². The van der Waals surface area contributed by atoms with Crippen molar-refractivity contribution in [3.63, 3.8) is 0 Å². The van der Waals surface area contributed by atoms with Crippen LogP contribution in [0.15, 0.2) is 78.9 Å². The molecular formula is C29H19N. The molecule has 3 aliphatic rings. The second-order valence-corrected chi connectivity index (χ2v) is 9.39. The van der Waals surface area contributed by atoms with Crippen LogP contribution >= 0.6 is 0 Å². The van der Waals surface area contributed by atoms with Crippen molar-refractivity contribution < 1.29 is 0 Å². The summed E-state index contributed by atoms with van der Waals surface area (Å²) in [6.07, 6.45) is 0. The van der Waals surface area contributed by atoms with E-state index in [2.05, 4.69) is 97.6 Å². The number of para-hydroxylation sites is 1. The van der Waals surface area contributed by atoms with E-state index in [1.54, 1.807) is 0 Å². The van der Waals surface area contributed by atoms with Crippen molar-refractivity contribution in [2.24, 2.45) is 0 Å². The van der Waals surface area contributed by atoms with Gasteiger partial charge in [-0.2, -0.15) is 0 Å². The van der Waals surface area contributed by atoms with Crippen LogP contribution in [-0.2, 0) is 5.41 Å². The molecule has 0 aromatic heterocycles. The van der Waals surface area contributed by atoms with Crippen molar-refractivity contribution in [3.05, 3.63) is 90.0 Å². The molecule has 0 fully saturated rings. The van der Waals surface area contributed by atoms with E-state index in [1.807, 2.05) is 0 Å². The second-order valence-electron chi connectivity index (χ2n) is 9.39. The SMILES string of the molecule is CC1(C)c2ccc3cccc4c3c2N2c3c-4cccc3-c3cccc4ccc1c2c34. The molecule has 1 nitrogen and oxygen atoms in total. The Balaban J connectivity index is 1.74. The first-order valence-corrected chi connectivity index (χ1v) is 10.7. The number of anilines is 3. The van der Waals surface area contributed by atoms with Gasteiger partial charge in [-0.25, -0.2) is 0 Å². The maximum Gasteiger partial charge on any atom is 0.0619 e. The Morgan fingerprint density at radius 2 is 0.967 bits per heavy atom. The predicted molar refractivity (Wildman–Crippen MR) is 126 cm³/mol. The lowest BCUT2D eigenvalue weighted by molar-refractivity contribution is 0.634. The van der Waals surface area contributed by atoms with Crippen LogP contribution in [0, 0.1) is 0 Å². The number of hydrogen-bond donors (Lipinski definition) is 0. The summed E-state index contributed by atoms with van der Waals surface area (Å²) in [6, 6.07) is 29.7. The number of hydrogen-bond acceptors (Lipinski definition) is 1. The van der Waals surface area contributed by atoms with Gasteiger partial charge in [0, 0.05) is 27.3 Å². The Bertz CT molecular complexity index is 1500. The molecule has 0 saturated heterocycles. The molecule has 140 valence electrons. The number of rotatable bonds is 0. The first kappa shape index (κ1) is 15.3. The number of nitrogens with zero attached hydrogens (tertiary/aromatic N) is 1. The van der Waals surface area contributed by atoms with Crippen molar-refractivity contribution in [3.8, 4) is 22.3 Å². The van der Waals surface area contributed by atoms with E-state index in [0.29, 0.717) is 0 Å². The standard InChI is InChI=1S/C29H19N/c1-29(2)22-14-12-16-6-3-8-18-20-10-5-11-21-19-9-4-7-17-13-15-23(29)28(25(17)19)30(26(20)21)27(22)24(16)18/h3-15H,1-2H3. The summed E-state index contributed by atoms with van der Waals surface area (Å²) in [5.41, 5.74) is 12.4. The van der Waals surface area contributed by atoms with Crippen LogP contribution in [0.4, 0.5) is 17.1 Å². The maximum atomic E-state index is 2.60. The molecule has 0 unspecified atom stereocenters. The first-order valence-electron chi connectivity index (χ1n) is 10.7. The van der Waals surface area contributed by atoms with E-state index < -0.39 is 0 Å². The van der Waals surface area contributed by atoms with Crippen molar-refractivity contribution in [1.82, 2.24) is 0 Å². The van der Waals surface area contributed by atoms with Gasteiger partial charge in [0.15, 0.2) is 0 Å². The summed E-state index contributed by atoms with van der Waals surface area (Å²) in [6.45, 7) is 4.78. The van der Waals surface area contributed by atoms with Gasteiger partial charge in [0.25, 0.3) is 0 Å². The Morgan fingerprint density at radius 1 is 0.500 bits per heavy atom. The normalized spacial score (nSPS) is 15.9. The predicted octanol–water partition coefficient (Wildman–Crippen LogP) is 8.06. The molecule has 0 saturated carbocycles. The van der Waals surface area contributed by atoms with Gasteiger partial charge in [0.1, 0.15) is 0 Å². The third-order valence-corrected chi connectivity index (χ3v) is 7.67. The van der Waals surface area contributed by atoms with Crippen LogP contribution in [0.3, 0.4) is 0 Å². The number of fused-ring (bicyclic) bond motifs is 2. The molecule has 30 heavy (non-hydrogen) atoms. The molecule has 0 radical (unpaired) electrons. The molecule has 0 amide bonds. The molecule has 0 bridgehead atoms. The van der Waals surface area contributed by atoms with E-state index >= 15 is 0 Å². The molecule has 1 heteroatoms. The first-order chi connectivity index (χ1) is 14.7. The Kier molecular flexibility index (Phi) is 2.34. The Labute approximate surface area is 175 Å². The zero-order valence-corrected chi connectivity index (χ0v) is 17.0. The minimum absolute atomic E-state index is 0.0481. The second kappa shape index (κ2) is 4.60. The zero-order valence-electron chi connectivity index (χ0n) is 17.0. The zero-order chi connectivity index (χ0) is 19.8. The van der Waals surface area contributed by atoms with Gasteiger partial charge in [-0.3, -0.25) is 0 Å². The van der Waals surface area contributed by atoms with E-state index in [0.717, 1.165) is 0 Å². The molecule has 0 spiro atoms. The smallest absolute Gasteiger partial charge is 0.0619 e. The van der Waals surface area contributed by atoms with E-state index in [9.17, 15) is 0 Å². The third-order valence-electron chi connectivity index (χ3n) is 7.67. The maximum absolute atomic E-state index is 2.60. The van der Waals surface area contributed by atoms with Crippen molar-refractivity contribution in [1.29, 1.82) is 0 Å². The largest absolute Gasteiger partial charge is 0.307 e. The molecule has 5 aromatic rings.